The smallest absolute Gasteiger partial charge is 0.187 e. The summed E-state index contributed by atoms with van der Waals surface area (Å²) in [6, 6.07) is 42.7. The first-order valence-electron chi connectivity index (χ1n) is 15.0. The van der Waals surface area contributed by atoms with E-state index >= 15 is 0 Å². The van der Waals surface area contributed by atoms with Crippen molar-refractivity contribution < 1.29 is 0 Å². The highest BCUT2D eigenvalue weighted by Crippen LogP contribution is 2.41. The van der Waals surface area contributed by atoms with E-state index in [1.807, 2.05) is 31.2 Å². The van der Waals surface area contributed by atoms with Crippen LogP contribution in [0, 0.1) is 38.7 Å². The van der Waals surface area contributed by atoms with Crippen LogP contribution in [-0.2, 0) is 0 Å². The Morgan fingerprint density at radius 2 is 1.09 bits per heavy atom. The quantitative estimate of drug-likeness (QED) is 0.193. The van der Waals surface area contributed by atoms with E-state index in [2.05, 4.69) is 125 Å². The minimum atomic E-state index is 0.585. The van der Waals surface area contributed by atoms with E-state index in [-0.39, 0.29) is 0 Å². The highest BCUT2D eigenvalue weighted by molar-refractivity contribution is 6.12. The van der Waals surface area contributed by atoms with Crippen molar-refractivity contribution in [3.05, 3.63) is 149 Å². The van der Waals surface area contributed by atoms with E-state index in [1.165, 1.54) is 32.7 Å². The topological polar surface area (TPSA) is 38.0 Å². The third-order valence-electron chi connectivity index (χ3n) is 9.00. The lowest BCUT2D eigenvalue weighted by atomic mass is 9.94. The molecule has 8 rings (SSSR count). The molecule has 0 aliphatic carbocycles. The lowest BCUT2D eigenvalue weighted by molar-refractivity contribution is 1.09. The molecule has 4 heteroatoms. The van der Waals surface area contributed by atoms with Crippen molar-refractivity contribution in [3.63, 3.8) is 0 Å². The first-order valence-corrected chi connectivity index (χ1v) is 15.0. The zero-order chi connectivity index (χ0) is 30.8. The summed E-state index contributed by atoms with van der Waals surface area (Å²) in [7, 11) is 0. The van der Waals surface area contributed by atoms with E-state index in [4.69, 9.17) is 6.57 Å². The minimum absolute atomic E-state index is 0.585. The molecular formula is C41H28N4. The van der Waals surface area contributed by atoms with Gasteiger partial charge in [0, 0.05) is 27.1 Å². The van der Waals surface area contributed by atoms with Crippen LogP contribution >= 0.6 is 0 Å². The van der Waals surface area contributed by atoms with E-state index in [0.717, 1.165) is 50.1 Å². The van der Waals surface area contributed by atoms with E-state index in [9.17, 15) is 5.26 Å². The number of fused-ring (bicyclic) bond motifs is 6. The molecule has 6 aromatic carbocycles. The van der Waals surface area contributed by atoms with Gasteiger partial charge in [0.05, 0.1) is 51.6 Å². The van der Waals surface area contributed by atoms with Gasteiger partial charge in [-0.1, -0.05) is 83.4 Å². The van der Waals surface area contributed by atoms with Gasteiger partial charge in [-0.2, -0.15) is 5.26 Å². The summed E-state index contributed by atoms with van der Waals surface area (Å²) in [4.78, 5) is 3.63. The van der Waals surface area contributed by atoms with Gasteiger partial charge in [0.2, 0.25) is 0 Å². The van der Waals surface area contributed by atoms with Crippen LogP contribution in [0.3, 0.4) is 0 Å². The van der Waals surface area contributed by atoms with Crippen molar-refractivity contribution in [3.8, 4) is 28.6 Å². The maximum atomic E-state index is 10.6. The first-order chi connectivity index (χ1) is 22.0. The van der Waals surface area contributed by atoms with Gasteiger partial charge in [0.15, 0.2) is 5.69 Å². The summed E-state index contributed by atoms with van der Waals surface area (Å²) < 4.78 is 4.66. The zero-order valence-electron chi connectivity index (χ0n) is 25.3. The van der Waals surface area contributed by atoms with Gasteiger partial charge in [0.1, 0.15) is 0 Å². The molecule has 0 fully saturated rings. The maximum absolute atomic E-state index is 10.6. The Hall–Kier alpha value is -6.10. The van der Waals surface area contributed by atoms with Gasteiger partial charge in [0.25, 0.3) is 0 Å². The van der Waals surface area contributed by atoms with Gasteiger partial charge in [-0.15, -0.1) is 0 Å². The summed E-state index contributed by atoms with van der Waals surface area (Å²) in [5, 5.41) is 15.4. The fourth-order valence-electron chi connectivity index (χ4n) is 6.96. The first kappa shape index (κ1) is 26.5. The fourth-order valence-corrected chi connectivity index (χ4v) is 6.96. The van der Waals surface area contributed by atoms with Crippen molar-refractivity contribution in [1.29, 1.82) is 5.26 Å². The van der Waals surface area contributed by atoms with Crippen molar-refractivity contribution in [2.45, 2.75) is 20.8 Å². The van der Waals surface area contributed by atoms with Crippen LogP contribution in [0.5, 0.6) is 0 Å². The molecule has 2 aromatic heterocycles. The molecule has 0 unspecified atom stereocenters. The van der Waals surface area contributed by atoms with E-state index in [0.29, 0.717) is 11.3 Å². The van der Waals surface area contributed by atoms with Crippen LogP contribution in [0.4, 0.5) is 5.69 Å². The second-order valence-electron chi connectivity index (χ2n) is 11.9. The second-order valence-corrected chi connectivity index (χ2v) is 11.9. The van der Waals surface area contributed by atoms with E-state index < -0.39 is 0 Å². The minimum Gasteiger partial charge on any atom is -0.307 e. The molecule has 0 bridgehead atoms. The summed E-state index contributed by atoms with van der Waals surface area (Å²) in [6.45, 7) is 13.8. The second kappa shape index (κ2) is 9.98. The normalized spacial score (nSPS) is 11.4. The molecule has 212 valence electrons. The molecule has 0 saturated heterocycles. The van der Waals surface area contributed by atoms with Crippen LogP contribution in [0.15, 0.2) is 115 Å². The maximum Gasteiger partial charge on any atom is 0.187 e. The molecule has 0 N–H and O–H groups in total. The fraction of sp³-hybridized carbons (Fsp3) is 0.0732. The number of aryl methyl sites for hydroxylation is 3. The molecule has 2 heterocycles. The summed E-state index contributed by atoms with van der Waals surface area (Å²) in [5.41, 5.74) is 12.6. The van der Waals surface area contributed by atoms with Gasteiger partial charge < -0.3 is 9.13 Å². The standard InChI is InChI=1S/C41H28N4/c1-25-13-17-38-34(19-25)31-9-5-7-11-36(31)44(38)40-22-28(24-42)33(30-16-15-29(43-4)21-27(30)3)23-41(40)45-37-12-8-6-10-32(37)35-20-26(2)14-18-39(35)45/h5-23H,1-3H3. The SMILES string of the molecule is [C-]#[N+]c1ccc(-c2cc(-n3c4ccccc4c4cc(C)ccc43)c(-n3c4ccccc4c4cc(C)ccc43)cc2C#N)c(C)c1. The lowest BCUT2D eigenvalue weighted by Gasteiger charge is -2.20. The summed E-state index contributed by atoms with van der Waals surface area (Å²) in [5.74, 6) is 0. The third kappa shape index (κ3) is 3.97. The summed E-state index contributed by atoms with van der Waals surface area (Å²) >= 11 is 0. The van der Waals surface area contributed by atoms with Crippen LogP contribution < -0.4 is 0 Å². The van der Waals surface area contributed by atoms with Crippen molar-refractivity contribution >= 4 is 49.3 Å². The molecule has 0 aliphatic heterocycles. The number of hydrogen-bond acceptors (Lipinski definition) is 1. The Balaban J connectivity index is 1.58. The molecule has 0 amide bonds. The Bertz CT molecular complexity index is 2600. The number of para-hydroxylation sites is 2. The van der Waals surface area contributed by atoms with Gasteiger partial charge in [-0.25, -0.2) is 4.85 Å². The molecular weight excluding hydrogens is 548 g/mol. The highest BCUT2D eigenvalue weighted by Gasteiger charge is 2.22. The Morgan fingerprint density at radius 3 is 1.62 bits per heavy atom. The average Bonchev–Trinajstić information content (AvgIpc) is 3.56. The molecule has 45 heavy (non-hydrogen) atoms. The van der Waals surface area contributed by atoms with Crippen molar-refractivity contribution in [2.24, 2.45) is 0 Å². The van der Waals surface area contributed by atoms with E-state index in [1.54, 1.807) is 0 Å². The molecule has 0 atom stereocenters. The zero-order valence-corrected chi connectivity index (χ0v) is 25.3. The number of benzene rings is 6. The van der Waals surface area contributed by atoms with Crippen LogP contribution in [0.1, 0.15) is 22.3 Å². The van der Waals surface area contributed by atoms with Crippen LogP contribution in [0.2, 0.25) is 0 Å². The molecule has 0 spiro atoms. The number of hydrogen-bond donors (Lipinski definition) is 0. The molecule has 0 radical (unpaired) electrons. The van der Waals surface area contributed by atoms with Gasteiger partial charge >= 0.3 is 0 Å². The molecule has 8 aromatic rings. The van der Waals surface area contributed by atoms with Crippen LogP contribution in [-0.4, -0.2) is 9.13 Å². The van der Waals surface area contributed by atoms with Gasteiger partial charge in [-0.05, 0) is 74.9 Å². The highest BCUT2D eigenvalue weighted by atomic mass is 15.1. The number of aromatic nitrogens is 2. The third-order valence-corrected chi connectivity index (χ3v) is 9.00. The number of rotatable bonds is 3. The van der Waals surface area contributed by atoms with Crippen molar-refractivity contribution in [2.75, 3.05) is 0 Å². The number of nitrogens with zero attached hydrogens (tertiary/aromatic N) is 4. The largest absolute Gasteiger partial charge is 0.307 e. The lowest BCUT2D eigenvalue weighted by Crippen LogP contribution is -2.05. The number of nitriles is 1. The van der Waals surface area contributed by atoms with Crippen LogP contribution in [0.25, 0.3) is 71.0 Å². The molecule has 0 aliphatic rings. The van der Waals surface area contributed by atoms with Crippen molar-refractivity contribution in [1.82, 2.24) is 9.13 Å². The molecule has 4 nitrogen and oxygen atoms in total. The predicted octanol–water partition coefficient (Wildman–Crippen LogP) is 10.9. The Kier molecular flexibility index (Phi) is 5.88. The predicted molar refractivity (Wildman–Crippen MR) is 186 cm³/mol. The van der Waals surface area contributed by atoms with Gasteiger partial charge in [-0.3, -0.25) is 0 Å². The Morgan fingerprint density at radius 1 is 0.556 bits per heavy atom. The Labute approximate surface area is 261 Å². The average molecular weight is 577 g/mol. The molecule has 0 saturated carbocycles. The monoisotopic (exact) mass is 576 g/mol. The summed E-state index contributed by atoms with van der Waals surface area (Å²) in [6.07, 6.45) is 0.